The van der Waals surface area contributed by atoms with Crippen molar-refractivity contribution in [3.05, 3.63) is 30.1 Å². The monoisotopic (exact) mass is 307 g/mol. The van der Waals surface area contributed by atoms with E-state index in [0.29, 0.717) is 6.42 Å². The average Bonchev–Trinajstić information content (AvgIpc) is 2.96. The van der Waals surface area contributed by atoms with Gasteiger partial charge in [0.2, 0.25) is 5.91 Å². The Bertz CT molecular complexity index is 515. The molecule has 1 aromatic carbocycles. The second kappa shape index (κ2) is 6.60. The van der Waals surface area contributed by atoms with E-state index in [1.165, 1.54) is 12.1 Å². The third-order valence-electron chi connectivity index (χ3n) is 4.28. The molecule has 3 rings (SSSR count). The molecule has 1 amide bonds. The molecule has 1 aromatic rings. The van der Waals surface area contributed by atoms with Gasteiger partial charge < -0.3 is 16.0 Å². The smallest absolute Gasteiger partial charge is 0.238 e. The molecule has 2 saturated heterocycles. The molecule has 120 valence electrons. The lowest BCUT2D eigenvalue weighted by molar-refractivity contribution is -0.123. The van der Waals surface area contributed by atoms with Crippen LogP contribution in [0, 0.1) is 5.82 Å². The molecule has 0 spiro atoms. The van der Waals surface area contributed by atoms with E-state index in [9.17, 15) is 9.18 Å². The summed E-state index contributed by atoms with van der Waals surface area (Å²) < 4.78 is 12.9. The van der Waals surface area contributed by atoms with Gasteiger partial charge in [-0.05, 0) is 37.1 Å². The summed E-state index contributed by atoms with van der Waals surface area (Å²) in [5, 5.41) is 3.08. The van der Waals surface area contributed by atoms with Crippen LogP contribution in [0.1, 0.15) is 19.3 Å². The first kappa shape index (κ1) is 15.2. The van der Waals surface area contributed by atoms with E-state index in [1.54, 1.807) is 12.1 Å². The molecule has 6 nitrogen and oxygen atoms in total. The van der Waals surface area contributed by atoms with E-state index in [4.69, 9.17) is 5.73 Å². The standard InChI is InChI=1S/C15H22FN5O/c16-10-1-3-12(4-2-10)21-7-5-11(6-8-21)18-15(22)13-9-14(17)20-19-13/h1-4,11,13-14,19-20H,5-9,17H2,(H,18,22). The average molecular weight is 307 g/mol. The maximum atomic E-state index is 12.9. The number of rotatable bonds is 3. The summed E-state index contributed by atoms with van der Waals surface area (Å²) in [5.74, 6) is -0.220. The highest BCUT2D eigenvalue weighted by Gasteiger charge is 2.29. The predicted octanol–water partition coefficient (Wildman–Crippen LogP) is 0.0620. The Hall–Kier alpha value is -1.70. The second-order valence-corrected chi connectivity index (χ2v) is 5.93. The van der Waals surface area contributed by atoms with Crippen LogP contribution in [0.3, 0.4) is 0 Å². The molecule has 7 heteroatoms. The molecule has 0 saturated carbocycles. The molecule has 0 bridgehead atoms. The Labute approximate surface area is 129 Å². The molecule has 0 aromatic heterocycles. The summed E-state index contributed by atoms with van der Waals surface area (Å²) in [6.45, 7) is 1.71. The van der Waals surface area contributed by atoms with Crippen LogP contribution in [0.2, 0.25) is 0 Å². The molecule has 5 N–H and O–H groups in total. The fraction of sp³-hybridized carbons (Fsp3) is 0.533. The maximum absolute atomic E-state index is 12.9. The minimum absolute atomic E-state index is 0.000632. The van der Waals surface area contributed by atoms with Crippen molar-refractivity contribution in [2.24, 2.45) is 5.73 Å². The van der Waals surface area contributed by atoms with Crippen molar-refractivity contribution >= 4 is 11.6 Å². The van der Waals surface area contributed by atoms with Gasteiger partial charge in [-0.1, -0.05) is 0 Å². The number of nitrogens with two attached hydrogens (primary N) is 1. The summed E-state index contributed by atoms with van der Waals surface area (Å²) in [6.07, 6.45) is 2.20. The topological polar surface area (TPSA) is 82.4 Å². The first-order valence-electron chi connectivity index (χ1n) is 7.69. The number of halogens is 1. The molecule has 2 heterocycles. The van der Waals surface area contributed by atoms with Gasteiger partial charge in [-0.2, -0.15) is 0 Å². The van der Waals surface area contributed by atoms with Crippen molar-refractivity contribution in [1.29, 1.82) is 0 Å². The van der Waals surface area contributed by atoms with Gasteiger partial charge in [0.05, 0.1) is 6.17 Å². The normalized spacial score (nSPS) is 26.2. The molecule has 22 heavy (non-hydrogen) atoms. The van der Waals surface area contributed by atoms with Crippen LogP contribution in [0.25, 0.3) is 0 Å². The summed E-state index contributed by atoms with van der Waals surface area (Å²) in [7, 11) is 0. The van der Waals surface area contributed by atoms with Gasteiger partial charge in [-0.3, -0.25) is 4.79 Å². The zero-order valence-electron chi connectivity index (χ0n) is 12.4. The number of nitrogens with zero attached hydrogens (tertiary/aromatic N) is 1. The fourth-order valence-electron chi connectivity index (χ4n) is 2.99. The molecule has 2 aliphatic heterocycles. The number of carbonyl (C=O) groups is 1. The molecule has 2 aliphatic rings. The van der Waals surface area contributed by atoms with Crippen molar-refractivity contribution in [2.75, 3.05) is 18.0 Å². The molecule has 2 fully saturated rings. The van der Waals surface area contributed by atoms with Crippen LogP contribution in [-0.2, 0) is 4.79 Å². The number of hydrogen-bond donors (Lipinski definition) is 4. The van der Waals surface area contributed by atoms with Gasteiger partial charge in [-0.15, -0.1) is 0 Å². The van der Waals surface area contributed by atoms with Gasteiger partial charge in [0.1, 0.15) is 11.9 Å². The lowest BCUT2D eigenvalue weighted by Crippen LogP contribution is -2.50. The number of carbonyl (C=O) groups excluding carboxylic acids is 1. The molecule has 0 radical (unpaired) electrons. The van der Waals surface area contributed by atoms with E-state index >= 15 is 0 Å². The van der Waals surface area contributed by atoms with E-state index in [1.807, 2.05) is 0 Å². The number of amides is 1. The van der Waals surface area contributed by atoms with Crippen LogP contribution in [0.4, 0.5) is 10.1 Å². The number of hydrogen-bond acceptors (Lipinski definition) is 5. The first-order chi connectivity index (χ1) is 10.6. The SMILES string of the molecule is NC1CC(C(=O)NC2CCN(c3ccc(F)cc3)CC2)NN1. The van der Waals surface area contributed by atoms with E-state index in [-0.39, 0.29) is 30.0 Å². The van der Waals surface area contributed by atoms with E-state index < -0.39 is 0 Å². The lowest BCUT2D eigenvalue weighted by atomic mass is 10.0. The minimum atomic E-state index is -0.259. The zero-order valence-corrected chi connectivity index (χ0v) is 12.4. The van der Waals surface area contributed by atoms with Crippen LogP contribution < -0.4 is 26.8 Å². The van der Waals surface area contributed by atoms with Gasteiger partial charge in [0, 0.05) is 31.2 Å². The Morgan fingerprint density at radius 2 is 1.91 bits per heavy atom. The Morgan fingerprint density at radius 3 is 2.50 bits per heavy atom. The molecule has 2 unspecified atom stereocenters. The Morgan fingerprint density at radius 1 is 1.23 bits per heavy atom. The molecule has 2 atom stereocenters. The quantitative estimate of drug-likeness (QED) is 0.635. The molecule has 0 aliphatic carbocycles. The Kier molecular flexibility index (Phi) is 4.56. The number of benzene rings is 1. The highest BCUT2D eigenvalue weighted by atomic mass is 19.1. The number of nitrogens with one attached hydrogen (secondary N) is 3. The van der Waals surface area contributed by atoms with Crippen LogP contribution >= 0.6 is 0 Å². The third-order valence-corrected chi connectivity index (χ3v) is 4.28. The number of hydrazine groups is 1. The van der Waals surface area contributed by atoms with Crippen molar-refractivity contribution in [1.82, 2.24) is 16.2 Å². The zero-order chi connectivity index (χ0) is 15.5. The van der Waals surface area contributed by atoms with Crippen LogP contribution in [0.15, 0.2) is 24.3 Å². The summed E-state index contributed by atoms with van der Waals surface area (Å²) >= 11 is 0. The highest BCUT2D eigenvalue weighted by molar-refractivity contribution is 5.82. The fourth-order valence-corrected chi connectivity index (χ4v) is 2.99. The number of piperidine rings is 1. The largest absolute Gasteiger partial charge is 0.371 e. The maximum Gasteiger partial charge on any atom is 0.238 e. The van der Waals surface area contributed by atoms with Gasteiger partial charge >= 0.3 is 0 Å². The molecular formula is C15H22FN5O. The van der Waals surface area contributed by atoms with Crippen molar-refractivity contribution in [3.8, 4) is 0 Å². The highest BCUT2D eigenvalue weighted by Crippen LogP contribution is 2.20. The minimum Gasteiger partial charge on any atom is -0.371 e. The van der Waals surface area contributed by atoms with E-state index in [0.717, 1.165) is 31.6 Å². The number of anilines is 1. The van der Waals surface area contributed by atoms with Gasteiger partial charge in [0.15, 0.2) is 0 Å². The van der Waals surface area contributed by atoms with Gasteiger partial charge in [0.25, 0.3) is 0 Å². The van der Waals surface area contributed by atoms with Gasteiger partial charge in [-0.25, -0.2) is 15.2 Å². The van der Waals surface area contributed by atoms with Crippen LogP contribution in [0.5, 0.6) is 0 Å². The van der Waals surface area contributed by atoms with Crippen LogP contribution in [-0.4, -0.2) is 37.2 Å². The van der Waals surface area contributed by atoms with Crippen molar-refractivity contribution in [2.45, 2.75) is 37.5 Å². The third kappa shape index (κ3) is 3.55. The summed E-state index contributed by atoms with van der Waals surface area (Å²) in [6, 6.07) is 6.47. The predicted molar refractivity (Wildman–Crippen MR) is 82.4 cm³/mol. The second-order valence-electron chi connectivity index (χ2n) is 5.93. The van der Waals surface area contributed by atoms with Crippen molar-refractivity contribution in [3.63, 3.8) is 0 Å². The Balaban J connectivity index is 1.47. The molecular weight excluding hydrogens is 285 g/mol. The van der Waals surface area contributed by atoms with E-state index in [2.05, 4.69) is 21.1 Å². The summed E-state index contributed by atoms with van der Waals surface area (Å²) in [4.78, 5) is 14.3. The van der Waals surface area contributed by atoms with Crippen molar-refractivity contribution < 1.29 is 9.18 Å². The summed E-state index contributed by atoms with van der Waals surface area (Å²) in [5.41, 5.74) is 12.5. The first-order valence-corrected chi connectivity index (χ1v) is 7.69. The lowest BCUT2D eigenvalue weighted by Gasteiger charge is -2.34.